The van der Waals surface area contributed by atoms with Crippen molar-refractivity contribution in [3.8, 4) is 0 Å². The van der Waals surface area contributed by atoms with Crippen LogP contribution in [0.15, 0.2) is 21.1 Å². The number of sulfone groups is 1. The lowest BCUT2D eigenvalue weighted by Crippen LogP contribution is -2.37. The fourth-order valence-electron chi connectivity index (χ4n) is 1.51. The number of halogens is 2. The molecule has 0 saturated carbocycles. The number of benzene rings is 1. The lowest BCUT2D eigenvalue weighted by molar-refractivity contribution is -0.117. The van der Waals surface area contributed by atoms with Crippen LogP contribution in [-0.2, 0) is 14.6 Å². The molecule has 1 unspecified atom stereocenters. The summed E-state index contributed by atoms with van der Waals surface area (Å²) in [4.78, 5) is 11.9. The van der Waals surface area contributed by atoms with Crippen LogP contribution in [0, 0.1) is 6.92 Å². The predicted octanol–water partition coefficient (Wildman–Crippen LogP) is 2.22. The highest BCUT2D eigenvalue weighted by Crippen LogP contribution is 2.32. The van der Waals surface area contributed by atoms with Gasteiger partial charge in [0, 0.05) is 15.2 Å². The highest BCUT2D eigenvalue weighted by atomic mass is 79.9. The molecule has 0 aromatic heterocycles. The number of hydrogen-bond acceptors (Lipinski definition) is 4. The van der Waals surface area contributed by atoms with Gasteiger partial charge in [0.25, 0.3) is 0 Å². The number of carbonyl (C=O) groups is 1. The highest BCUT2D eigenvalue weighted by molar-refractivity contribution is 9.11. The standard InChI is InChI=1S/C12H16Br2N2O3S/c1-7-5-8(13)11(9(14)6-7)16-12(17)10(15)3-4-20(2,18)19/h5-6,10H,3-4,15H2,1-2H3,(H,16,17). The van der Waals surface area contributed by atoms with E-state index < -0.39 is 21.8 Å². The maximum Gasteiger partial charge on any atom is 0.241 e. The molecule has 0 saturated heterocycles. The molecule has 1 atom stereocenters. The minimum Gasteiger partial charge on any atom is -0.323 e. The second-order valence-electron chi connectivity index (χ2n) is 4.62. The van der Waals surface area contributed by atoms with Gasteiger partial charge in [0.05, 0.1) is 17.5 Å². The van der Waals surface area contributed by atoms with E-state index in [9.17, 15) is 13.2 Å². The van der Waals surface area contributed by atoms with Crippen molar-refractivity contribution in [2.75, 3.05) is 17.3 Å². The number of hydrogen-bond donors (Lipinski definition) is 2. The molecule has 0 aliphatic rings. The number of nitrogens with two attached hydrogens (primary N) is 1. The summed E-state index contributed by atoms with van der Waals surface area (Å²) in [5, 5.41) is 2.69. The molecule has 0 radical (unpaired) electrons. The first-order valence-corrected chi connectivity index (χ1v) is 9.44. The molecule has 1 amide bonds. The zero-order chi connectivity index (χ0) is 15.5. The molecule has 1 rings (SSSR count). The van der Waals surface area contributed by atoms with E-state index in [0.29, 0.717) is 5.69 Å². The number of rotatable bonds is 5. The molecule has 0 fully saturated rings. The normalized spacial score (nSPS) is 13.1. The van der Waals surface area contributed by atoms with Crippen LogP contribution >= 0.6 is 31.9 Å². The summed E-state index contributed by atoms with van der Waals surface area (Å²) >= 11 is 6.73. The number of nitrogens with one attached hydrogen (secondary N) is 1. The first-order valence-electron chi connectivity index (χ1n) is 5.80. The molecular weight excluding hydrogens is 412 g/mol. The summed E-state index contributed by atoms with van der Waals surface area (Å²) in [6, 6.07) is 2.86. The largest absolute Gasteiger partial charge is 0.323 e. The lowest BCUT2D eigenvalue weighted by Gasteiger charge is -2.14. The minimum atomic E-state index is -3.13. The van der Waals surface area contributed by atoms with E-state index in [4.69, 9.17) is 5.73 Å². The molecule has 0 bridgehead atoms. The molecule has 0 aliphatic carbocycles. The van der Waals surface area contributed by atoms with E-state index in [2.05, 4.69) is 37.2 Å². The summed E-state index contributed by atoms with van der Waals surface area (Å²) in [6.45, 7) is 1.93. The molecule has 0 aliphatic heterocycles. The van der Waals surface area contributed by atoms with E-state index in [1.54, 1.807) is 0 Å². The average Bonchev–Trinajstić information content (AvgIpc) is 2.29. The van der Waals surface area contributed by atoms with E-state index in [1.807, 2.05) is 19.1 Å². The third-order valence-electron chi connectivity index (χ3n) is 2.57. The van der Waals surface area contributed by atoms with Crippen LogP contribution in [0.2, 0.25) is 0 Å². The van der Waals surface area contributed by atoms with Gasteiger partial charge in [0.15, 0.2) is 0 Å². The van der Waals surface area contributed by atoms with Crippen molar-refractivity contribution in [1.29, 1.82) is 0 Å². The average molecular weight is 428 g/mol. The van der Waals surface area contributed by atoms with Gasteiger partial charge in [-0.05, 0) is 62.9 Å². The number of carbonyl (C=O) groups excluding carboxylic acids is 1. The molecule has 0 heterocycles. The van der Waals surface area contributed by atoms with Gasteiger partial charge in [-0.2, -0.15) is 0 Å². The third-order valence-corrected chi connectivity index (χ3v) is 4.80. The van der Waals surface area contributed by atoms with Gasteiger partial charge in [0.1, 0.15) is 9.84 Å². The predicted molar refractivity (Wildman–Crippen MR) is 87.5 cm³/mol. The lowest BCUT2D eigenvalue weighted by atomic mass is 10.2. The van der Waals surface area contributed by atoms with Gasteiger partial charge in [-0.15, -0.1) is 0 Å². The highest BCUT2D eigenvalue weighted by Gasteiger charge is 2.18. The van der Waals surface area contributed by atoms with Crippen molar-refractivity contribution in [3.63, 3.8) is 0 Å². The monoisotopic (exact) mass is 426 g/mol. The summed E-state index contributed by atoms with van der Waals surface area (Å²) in [6.07, 6.45) is 1.20. The first-order chi connectivity index (χ1) is 9.10. The number of amides is 1. The molecule has 20 heavy (non-hydrogen) atoms. The Morgan fingerprint density at radius 1 is 1.35 bits per heavy atom. The van der Waals surface area contributed by atoms with Crippen molar-refractivity contribution < 1.29 is 13.2 Å². The fourth-order valence-corrected chi connectivity index (χ4v) is 3.80. The smallest absolute Gasteiger partial charge is 0.241 e. The van der Waals surface area contributed by atoms with Gasteiger partial charge in [-0.25, -0.2) is 8.42 Å². The zero-order valence-corrected chi connectivity index (χ0v) is 15.1. The Bertz CT molecular complexity index is 594. The zero-order valence-electron chi connectivity index (χ0n) is 11.1. The van der Waals surface area contributed by atoms with Crippen molar-refractivity contribution >= 4 is 53.3 Å². The van der Waals surface area contributed by atoms with E-state index in [-0.39, 0.29) is 12.2 Å². The van der Waals surface area contributed by atoms with Crippen molar-refractivity contribution in [1.82, 2.24) is 0 Å². The van der Waals surface area contributed by atoms with Gasteiger partial charge in [-0.1, -0.05) is 0 Å². The molecule has 8 heteroatoms. The molecule has 1 aromatic carbocycles. The number of anilines is 1. The second-order valence-corrected chi connectivity index (χ2v) is 8.59. The summed E-state index contributed by atoms with van der Waals surface area (Å²) in [7, 11) is -3.13. The SMILES string of the molecule is Cc1cc(Br)c(NC(=O)C(N)CCS(C)(=O)=O)c(Br)c1. The Balaban J connectivity index is 2.76. The fraction of sp³-hybridized carbons (Fsp3) is 0.417. The minimum absolute atomic E-state index is 0.0891. The van der Waals surface area contributed by atoms with Crippen LogP contribution < -0.4 is 11.1 Å². The van der Waals surface area contributed by atoms with Crippen LogP contribution in [-0.4, -0.2) is 32.4 Å². The molecular formula is C12H16Br2N2O3S. The van der Waals surface area contributed by atoms with Gasteiger partial charge < -0.3 is 11.1 Å². The molecule has 0 spiro atoms. The maximum absolute atomic E-state index is 11.9. The molecule has 112 valence electrons. The Hall–Kier alpha value is -0.440. The van der Waals surface area contributed by atoms with Crippen molar-refractivity contribution in [2.24, 2.45) is 5.73 Å². The molecule has 3 N–H and O–H groups in total. The second kappa shape index (κ2) is 7.02. The van der Waals surface area contributed by atoms with E-state index >= 15 is 0 Å². The Kier molecular flexibility index (Phi) is 6.18. The Morgan fingerprint density at radius 3 is 2.30 bits per heavy atom. The van der Waals surface area contributed by atoms with Crippen molar-refractivity contribution in [3.05, 3.63) is 26.6 Å². The van der Waals surface area contributed by atoms with Crippen LogP contribution in [0.4, 0.5) is 5.69 Å². The quantitative estimate of drug-likeness (QED) is 0.753. The first kappa shape index (κ1) is 17.6. The van der Waals surface area contributed by atoms with Gasteiger partial charge in [0.2, 0.25) is 5.91 Å². The molecule has 5 nitrogen and oxygen atoms in total. The van der Waals surface area contributed by atoms with Gasteiger partial charge in [-0.3, -0.25) is 4.79 Å². The summed E-state index contributed by atoms with van der Waals surface area (Å²) in [5.41, 5.74) is 7.30. The van der Waals surface area contributed by atoms with Crippen LogP contribution in [0.5, 0.6) is 0 Å². The Morgan fingerprint density at radius 2 is 1.85 bits per heavy atom. The van der Waals surface area contributed by atoms with Crippen LogP contribution in [0.1, 0.15) is 12.0 Å². The Labute approximate surface area is 135 Å². The molecule has 1 aromatic rings. The van der Waals surface area contributed by atoms with Crippen molar-refractivity contribution in [2.45, 2.75) is 19.4 Å². The van der Waals surface area contributed by atoms with Gasteiger partial charge >= 0.3 is 0 Å². The third kappa shape index (κ3) is 5.51. The van der Waals surface area contributed by atoms with Crippen LogP contribution in [0.25, 0.3) is 0 Å². The van der Waals surface area contributed by atoms with E-state index in [0.717, 1.165) is 20.8 Å². The van der Waals surface area contributed by atoms with Crippen LogP contribution in [0.3, 0.4) is 0 Å². The topological polar surface area (TPSA) is 89.3 Å². The summed E-state index contributed by atoms with van der Waals surface area (Å²) < 4.78 is 23.6. The maximum atomic E-state index is 11.9. The summed E-state index contributed by atoms with van der Waals surface area (Å²) in [5.74, 6) is -0.531. The number of aryl methyl sites for hydroxylation is 1. The van der Waals surface area contributed by atoms with E-state index in [1.165, 1.54) is 0 Å².